The number of rotatable bonds is 11. The van der Waals surface area contributed by atoms with Crippen molar-refractivity contribution in [2.24, 2.45) is 5.92 Å². The lowest BCUT2D eigenvalue weighted by molar-refractivity contribution is -0.143. The van der Waals surface area contributed by atoms with Crippen LogP contribution in [0.3, 0.4) is 0 Å². The van der Waals surface area contributed by atoms with E-state index >= 15 is 0 Å². The number of imidazole rings is 1. The molecule has 0 saturated carbocycles. The van der Waals surface area contributed by atoms with Gasteiger partial charge in [-0.05, 0) is 41.7 Å². The number of benzene rings is 2. The summed E-state index contributed by atoms with van der Waals surface area (Å²) in [4.78, 5) is 30.7. The maximum Gasteiger partial charge on any atom is 0.410 e. The van der Waals surface area contributed by atoms with Gasteiger partial charge in [0.2, 0.25) is 0 Å². The third kappa shape index (κ3) is 8.01. The highest BCUT2D eigenvalue weighted by Crippen LogP contribution is 2.21. The zero-order valence-electron chi connectivity index (χ0n) is 19.7. The lowest BCUT2D eigenvalue weighted by Crippen LogP contribution is -2.47. The molecule has 1 aromatic heterocycles. The van der Waals surface area contributed by atoms with Gasteiger partial charge in [0.1, 0.15) is 12.6 Å². The number of aromatic nitrogens is 2. The molecule has 1 heterocycles. The number of nitrogens with zero attached hydrogens (tertiary/aromatic N) is 3. The summed E-state index contributed by atoms with van der Waals surface area (Å²) in [5, 5.41) is 11.0. The molecule has 9 heteroatoms. The first-order valence-corrected chi connectivity index (χ1v) is 12.1. The Kier molecular flexibility index (Phi) is 9.57. The first-order chi connectivity index (χ1) is 16.7. The quantitative estimate of drug-likeness (QED) is 0.341. The third-order valence-electron chi connectivity index (χ3n) is 5.48. The number of halogens is 2. The van der Waals surface area contributed by atoms with E-state index in [4.69, 9.17) is 27.9 Å². The molecule has 3 aromatic rings. The van der Waals surface area contributed by atoms with E-state index in [1.54, 1.807) is 18.6 Å². The van der Waals surface area contributed by atoms with Crippen LogP contribution >= 0.6 is 23.2 Å². The van der Waals surface area contributed by atoms with E-state index in [9.17, 15) is 14.7 Å². The molecule has 0 fully saturated rings. The summed E-state index contributed by atoms with van der Waals surface area (Å²) < 4.78 is 7.42. The largest absolute Gasteiger partial charge is 0.480 e. The van der Waals surface area contributed by atoms with Crippen molar-refractivity contribution in [2.75, 3.05) is 6.54 Å². The zero-order valence-corrected chi connectivity index (χ0v) is 21.2. The van der Waals surface area contributed by atoms with Crippen LogP contribution in [-0.2, 0) is 29.1 Å². The van der Waals surface area contributed by atoms with E-state index < -0.39 is 18.1 Å². The van der Waals surface area contributed by atoms with Gasteiger partial charge in [0.05, 0.1) is 6.33 Å². The molecule has 0 spiro atoms. The Balaban J connectivity index is 1.75. The van der Waals surface area contributed by atoms with Crippen LogP contribution in [0.4, 0.5) is 4.79 Å². The van der Waals surface area contributed by atoms with Crippen molar-refractivity contribution in [3.8, 4) is 0 Å². The molecule has 0 aliphatic rings. The van der Waals surface area contributed by atoms with Gasteiger partial charge in [-0.2, -0.15) is 0 Å². The second kappa shape index (κ2) is 12.6. The molecule has 1 unspecified atom stereocenters. The van der Waals surface area contributed by atoms with Crippen LogP contribution in [0.2, 0.25) is 10.0 Å². The molecule has 3 rings (SSSR count). The molecule has 0 aliphatic carbocycles. The Morgan fingerprint density at radius 1 is 1.09 bits per heavy atom. The molecule has 1 atom stereocenters. The van der Waals surface area contributed by atoms with Gasteiger partial charge in [0.15, 0.2) is 0 Å². The van der Waals surface area contributed by atoms with Gasteiger partial charge in [-0.3, -0.25) is 4.90 Å². The van der Waals surface area contributed by atoms with Gasteiger partial charge < -0.3 is 14.4 Å². The minimum atomic E-state index is -1.06. The number of carboxylic acid groups (broad SMARTS) is 1. The van der Waals surface area contributed by atoms with Crippen LogP contribution < -0.4 is 0 Å². The molecule has 0 bridgehead atoms. The summed E-state index contributed by atoms with van der Waals surface area (Å²) >= 11 is 12.2. The van der Waals surface area contributed by atoms with Crippen LogP contribution in [0.5, 0.6) is 0 Å². The highest BCUT2D eigenvalue weighted by molar-refractivity contribution is 6.34. The van der Waals surface area contributed by atoms with Crippen molar-refractivity contribution >= 4 is 35.3 Å². The Morgan fingerprint density at radius 2 is 1.77 bits per heavy atom. The average Bonchev–Trinajstić information content (AvgIpc) is 3.23. The highest BCUT2D eigenvalue weighted by Gasteiger charge is 2.31. The molecule has 0 aliphatic heterocycles. The second-order valence-electron chi connectivity index (χ2n) is 8.76. The summed E-state index contributed by atoms with van der Waals surface area (Å²) in [6, 6.07) is 13.6. The molecule has 7 nitrogen and oxygen atoms in total. The molecule has 186 valence electrons. The lowest BCUT2D eigenvalue weighted by atomic mass is 10.0. The van der Waals surface area contributed by atoms with E-state index in [1.807, 2.05) is 60.9 Å². The summed E-state index contributed by atoms with van der Waals surface area (Å²) in [7, 11) is 0. The van der Waals surface area contributed by atoms with E-state index in [0.29, 0.717) is 29.4 Å². The standard InChI is InChI=1S/C26H29Cl2N3O4/c1-18(2)10-24(25(32)33)31(26(34)35-16-19-6-4-3-5-7-19)9-8-23-14-29-17-30(23)15-20-11-21(27)13-22(28)12-20/h3-7,11-14,17-18,24H,8-10,15-16H2,1-2H3,(H,32,33). The van der Waals surface area contributed by atoms with Crippen molar-refractivity contribution < 1.29 is 19.4 Å². The predicted octanol–water partition coefficient (Wildman–Crippen LogP) is 5.92. The SMILES string of the molecule is CC(C)CC(C(=O)O)N(CCc1cncn1Cc1cc(Cl)cc(Cl)c1)C(=O)OCc1ccccc1. The summed E-state index contributed by atoms with van der Waals surface area (Å²) in [6.07, 6.45) is 3.45. The lowest BCUT2D eigenvalue weighted by Gasteiger charge is -2.29. The Morgan fingerprint density at radius 3 is 2.40 bits per heavy atom. The van der Waals surface area contributed by atoms with Crippen molar-refractivity contribution in [3.63, 3.8) is 0 Å². The molecule has 0 saturated heterocycles. The van der Waals surface area contributed by atoms with Crippen LogP contribution in [0, 0.1) is 5.92 Å². The number of carboxylic acids is 1. The third-order valence-corrected chi connectivity index (χ3v) is 5.91. The Bertz CT molecular complexity index is 1110. The van der Waals surface area contributed by atoms with E-state index in [2.05, 4.69) is 4.98 Å². The maximum absolute atomic E-state index is 13.0. The van der Waals surface area contributed by atoms with Crippen molar-refractivity contribution in [2.45, 2.75) is 45.9 Å². The van der Waals surface area contributed by atoms with E-state index in [1.165, 1.54) is 4.90 Å². The topological polar surface area (TPSA) is 84.7 Å². The van der Waals surface area contributed by atoms with Crippen LogP contribution in [0.15, 0.2) is 61.1 Å². The predicted molar refractivity (Wildman–Crippen MR) is 136 cm³/mol. The molecule has 1 amide bonds. The summed E-state index contributed by atoms with van der Waals surface area (Å²) in [5.74, 6) is -0.976. The number of carbonyl (C=O) groups is 2. The van der Waals surface area contributed by atoms with Crippen molar-refractivity contribution in [3.05, 3.63) is 87.9 Å². The van der Waals surface area contributed by atoms with Crippen molar-refractivity contribution in [1.29, 1.82) is 0 Å². The van der Waals surface area contributed by atoms with Crippen molar-refractivity contribution in [1.82, 2.24) is 14.5 Å². The van der Waals surface area contributed by atoms with Gasteiger partial charge in [0, 0.05) is 41.4 Å². The maximum atomic E-state index is 13.0. The molecular formula is C26H29Cl2N3O4. The Hall–Kier alpha value is -3.03. The normalized spacial score (nSPS) is 11.9. The number of hydrogen-bond donors (Lipinski definition) is 1. The van der Waals surface area contributed by atoms with Crippen LogP contribution in [0.1, 0.15) is 37.1 Å². The second-order valence-corrected chi connectivity index (χ2v) is 9.63. The average molecular weight is 518 g/mol. The van der Waals surface area contributed by atoms with E-state index in [-0.39, 0.29) is 19.1 Å². The minimum absolute atomic E-state index is 0.0671. The highest BCUT2D eigenvalue weighted by atomic mass is 35.5. The molecule has 1 N–H and O–H groups in total. The van der Waals surface area contributed by atoms with Crippen LogP contribution in [0.25, 0.3) is 0 Å². The van der Waals surface area contributed by atoms with Gasteiger partial charge in [-0.25, -0.2) is 14.6 Å². The molecular weight excluding hydrogens is 489 g/mol. The van der Waals surface area contributed by atoms with Gasteiger partial charge in [-0.15, -0.1) is 0 Å². The number of hydrogen-bond acceptors (Lipinski definition) is 4. The molecule has 2 aromatic carbocycles. The number of ether oxygens (including phenoxy) is 1. The van der Waals surface area contributed by atoms with Crippen LogP contribution in [-0.4, -0.2) is 44.2 Å². The smallest absolute Gasteiger partial charge is 0.410 e. The first-order valence-electron chi connectivity index (χ1n) is 11.4. The fraction of sp³-hybridized carbons (Fsp3) is 0.346. The molecule has 35 heavy (non-hydrogen) atoms. The van der Waals surface area contributed by atoms with Gasteiger partial charge in [0.25, 0.3) is 0 Å². The summed E-state index contributed by atoms with van der Waals surface area (Å²) in [5.41, 5.74) is 2.58. The Labute approximate surface area is 215 Å². The molecule has 0 radical (unpaired) electrons. The zero-order chi connectivity index (χ0) is 25.4. The van der Waals surface area contributed by atoms with Gasteiger partial charge in [-0.1, -0.05) is 67.4 Å². The number of carbonyl (C=O) groups excluding carboxylic acids is 1. The minimum Gasteiger partial charge on any atom is -0.480 e. The van der Waals surface area contributed by atoms with Gasteiger partial charge >= 0.3 is 12.1 Å². The fourth-order valence-corrected chi connectivity index (χ4v) is 4.39. The number of aliphatic carboxylic acids is 1. The summed E-state index contributed by atoms with van der Waals surface area (Å²) in [6.45, 7) is 4.57. The fourth-order valence-electron chi connectivity index (χ4n) is 3.82. The first kappa shape index (κ1) is 26.6. The number of amides is 1. The van der Waals surface area contributed by atoms with E-state index in [0.717, 1.165) is 16.8 Å². The monoisotopic (exact) mass is 517 g/mol.